The molecule has 2 fully saturated rings. The molecule has 2 heterocycles. The van der Waals surface area contributed by atoms with E-state index in [0.29, 0.717) is 37.8 Å². The summed E-state index contributed by atoms with van der Waals surface area (Å²) < 4.78 is 14.0. The summed E-state index contributed by atoms with van der Waals surface area (Å²) in [5, 5.41) is 9.63. The molecule has 7 nitrogen and oxygen atoms in total. The van der Waals surface area contributed by atoms with Crippen molar-refractivity contribution in [3.8, 4) is 0 Å². The number of nitrogens with zero attached hydrogens (tertiary/aromatic N) is 3. The lowest BCUT2D eigenvalue weighted by molar-refractivity contribution is -0.121. The highest BCUT2D eigenvalue weighted by Gasteiger charge is 2.26. The molecular formula is C21H33FN6O. The van der Waals surface area contributed by atoms with Crippen LogP contribution in [-0.4, -0.2) is 55.6 Å². The van der Waals surface area contributed by atoms with Crippen molar-refractivity contribution >= 4 is 17.7 Å². The van der Waals surface area contributed by atoms with E-state index in [4.69, 9.17) is 0 Å². The number of rotatable bonds is 8. The minimum absolute atomic E-state index is 0.133. The highest BCUT2D eigenvalue weighted by Crippen LogP contribution is 2.27. The molecule has 1 aliphatic heterocycles. The summed E-state index contributed by atoms with van der Waals surface area (Å²) in [4.78, 5) is 22.7. The van der Waals surface area contributed by atoms with Crippen LogP contribution >= 0.6 is 0 Å². The Hall–Kier alpha value is -2.38. The molecule has 0 radical (unpaired) electrons. The highest BCUT2D eigenvalue weighted by atomic mass is 19.1. The lowest BCUT2D eigenvalue weighted by atomic mass is 10.0. The molecule has 1 amide bonds. The van der Waals surface area contributed by atoms with Gasteiger partial charge in [0.05, 0.1) is 6.54 Å². The second kappa shape index (κ2) is 11.0. The van der Waals surface area contributed by atoms with Gasteiger partial charge < -0.3 is 20.9 Å². The van der Waals surface area contributed by atoms with E-state index in [1.807, 2.05) is 11.8 Å². The molecule has 1 aliphatic carbocycles. The van der Waals surface area contributed by atoms with Crippen LogP contribution in [0.25, 0.3) is 0 Å². The van der Waals surface area contributed by atoms with E-state index in [1.165, 1.54) is 31.7 Å². The first kappa shape index (κ1) is 21.3. The summed E-state index contributed by atoms with van der Waals surface area (Å²) in [5.74, 6) is 1.54. The molecule has 8 heteroatoms. The molecule has 29 heavy (non-hydrogen) atoms. The fourth-order valence-electron chi connectivity index (χ4n) is 4.11. The summed E-state index contributed by atoms with van der Waals surface area (Å²) in [6.45, 7) is 5.27. The minimum atomic E-state index is -0.290. The quantitative estimate of drug-likeness (QED) is 0.351. The van der Waals surface area contributed by atoms with Gasteiger partial charge in [0.15, 0.2) is 17.6 Å². The van der Waals surface area contributed by atoms with Gasteiger partial charge in [0.25, 0.3) is 0 Å². The van der Waals surface area contributed by atoms with Gasteiger partial charge in [0.1, 0.15) is 0 Å². The van der Waals surface area contributed by atoms with E-state index in [-0.39, 0.29) is 17.8 Å². The van der Waals surface area contributed by atoms with E-state index >= 15 is 0 Å². The number of carbonyl (C=O) groups is 1. The number of aromatic nitrogens is 1. The maximum Gasteiger partial charge on any atom is 0.220 e. The number of hydrogen-bond donors (Lipinski definition) is 3. The third-order valence-electron chi connectivity index (χ3n) is 5.56. The smallest absolute Gasteiger partial charge is 0.220 e. The Morgan fingerprint density at radius 3 is 2.90 bits per heavy atom. The summed E-state index contributed by atoms with van der Waals surface area (Å²) in [6, 6.07) is 3.22. The van der Waals surface area contributed by atoms with Gasteiger partial charge in [0, 0.05) is 44.8 Å². The van der Waals surface area contributed by atoms with Gasteiger partial charge in [-0.3, -0.25) is 9.79 Å². The molecule has 3 N–H and O–H groups in total. The average Bonchev–Trinajstić information content (AvgIpc) is 3.38. The fraction of sp³-hybridized carbons (Fsp3) is 0.667. The SMILES string of the molecule is CCNC(=NCCNC(=O)CC1CCCC1)NC1CCN(c2ncccc2F)C1. The number of carbonyl (C=O) groups excluding carboxylic acids is 1. The Kier molecular flexibility index (Phi) is 8.07. The summed E-state index contributed by atoms with van der Waals surface area (Å²) in [6.07, 6.45) is 8.02. The molecule has 0 spiro atoms. The number of halogens is 1. The lowest BCUT2D eigenvalue weighted by Crippen LogP contribution is -2.45. The second-order valence-corrected chi connectivity index (χ2v) is 7.85. The maximum absolute atomic E-state index is 14.0. The molecule has 1 atom stereocenters. The molecule has 1 unspecified atom stereocenters. The Morgan fingerprint density at radius 1 is 1.31 bits per heavy atom. The monoisotopic (exact) mass is 404 g/mol. The van der Waals surface area contributed by atoms with Crippen LogP contribution in [0.5, 0.6) is 0 Å². The molecule has 0 aromatic carbocycles. The van der Waals surface area contributed by atoms with Gasteiger partial charge >= 0.3 is 0 Å². The molecule has 1 saturated carbocycles. The minimum Gasteiger partial charge on any atom is -0.357 e. The molecule has 1 aromatic rings. The lowest BCUT2D eigenvalue weighted by Gasteiger charge is -2.20. The van der Waals surface area contributed by atoms with Crippen molar-refractivity contribution in [3.05, 3.63) is 24.1 Å². The number of amides is 1. The standard InChI is InChI=1S/C21H33FN6O/c1-2-23-21(26-12-11-24-19(29)14-16-6-3-4-7-16)27-17-9-13-28(15-17)20-18(22)8-5-10-25-20/h5,8,10,16-17H,2-4,6-7,9,11-15H2,1H3,(H,24,29)(H2,23,26,27). The van der Waals surface area contributed by atoms with Crippen LogP contribution in [0.3, 0.4) is 0 Å². The van der Waals surface area contributed by atoms with Crippen LogP contribution in [0.4, 0.5) is 10.2 Å². The Balaban J connectivity index is 1.42. The van der Waals surface area contributed by atoms with Crippen LogP contribution in [0, 0.1) is 11.7 Å². The largest absolute Gasteiger partial charge is 0.357 e. The zero-order valence-electron chi connectivity index (χ0n) is 17.3. The van der Waals surface area contributed by atoms with Crippen LogP contribution in [0.15, 0.2) is 23.3 Å². The number of anilines is 1. The van der Waals surface area contributed by atoms with Gasteiger partial charge in [-0.1, -0.05) is 12.8 Å². The topological polar surface area (TPSA) is 81.6 Å². The first-order chi connectivity index (χ1) is 14.2. The Morgan fingerprint density at radius 2 is 2.14 bits per heavy atom. The van der Waals surface area contributed by atoms with Crippen LogP contribution in [-0.2, 0) is 4.79 Å². The zero-order valence-corrected chi connectivity index (χ0v) is 17.3. The van der Waals surface area contributed by atoms with E-state index in [1.54, 1.807) is 12.3 Å². The van der Waals surface area contributed by atoms with Crippen molar-refractivity contribution in [2.45, 2.75) is 51.5 Å². The third kappa shape index (κ3) is 6.58. The Bertz CT molecular complexity index is 692. The third-order valence-corrected chi connectivity index (χ3v) is 5.56. The molecule has 1 aromatic heterocycles. The fourth-order valence-corrected chi connectivity index (χ4v) is 4.11. The number of nitrogens with one attached hydrogen (secondary N) is 3. The van der Waals surface area contributed by atoms with Gasteiger partial charge in [-0.05, 0) is 44.2 Å². The summed E-state index contributed by atoms with van der Waals surface area (Å²) in [7, 11) is 0. The van der Waals surface area contributed by atoms with E-state index < -0.39 is 0 Å². The van der Waals surface area contributed by atoms with Crippen molar-refractivity contribution < 1.29 is 9.18 Å². The predicted molar refractivity (Wildman–Crippen MR) is 114 cm³/mol. The summed E-state index contributed by atoms with van der Waals surface area (Å²) in [5.41, 5.74) is 0. The van der Waals surface area contributed by atoms with Gasteiger partial charge in [-0.2, -0.15) is 0 Å². The molecule has 3 rings (SSSR count). The van der Waals surface area contributed by atoms with E-state index in [9.17, 15) is 9.18 Å². The maximum atomic E-state index is 14.0. The van der Waals surface area contributed by atoms with Crippen LogP contribution < -0.4 is 20.9 Å². The molecule has 2 aliphatic rings. The molecular weight excluding hydrogens is 371 g/mol. The van der Waals surface area contributed by atoms with Gasteiger partial charge in [0.2, 0.25) is 5.91 Å². The summed E-state index contributed by atoms with van der Waals surface area (Å²) >= 11 is 0. The number of hydrogen-bond acceptors (Lipinski definition) is 4. The Labute approximate surface area is 172 Å². The van der Waals surface area contributed by atoms with Gasteiger partial charge in [-0.15, -0.1) is 0 Å². The van der Waals surface area contributed by atoms with E-state index in [0.717, 1.165) is 25.5 Å². The normalized spacial score (nSPS) is 20.1. The van der Waals surface area contributed by atoms with Gasteiger partial charge in [-0.25, -0.2) is 9.37 Å². The molecule has 160 valence electrons. The van der Waals surface area contributed by atoms with Crippen molar-refractivity contribution in [2.24, 2.45) is 10.9 Å². The molecule has 0 bridgehead atoms. The molecule has 1 saturated heterocycles. The van der Waals surface area contributed by atoms with Crippen molar-refractivity contribution in [2.75, 3.05) is 37.6 Å². The van der Waals surface area contributed by atoms with Crippen molar-refractivity contribution in [1.82, 2.24) is 20.9 Å². The van der Waals surface area contributed by atoms with Crippen molar-refractivity contribution in [1.29, 1.82) is 0 Å². The number of aliphatic imine (C=N–C) groups is 1. The zero-order chi connectivity index (χ0) is 20.5. The number of pyridine rings is 1. The van der Waals surface area contributed by atoms with Crippen molar-refractivity contribution in [3.63, 3.8) is 0 Å². The number of guanidine groups is 1. The first-order valence-electron chi connectivity index (χ1n) is 10.8. The average molecular weight is 405 g/mol. The van der Waals surface area contributed by atoms with Crippen LogP contribution in [0.2, 0.25) is 0 Å². The second-order valence-electron chi connectivity index (χ2n) is 7.85. The predicted octanol–water partition coefficient (Wildman–Crippen LogP) is 2.05. The van der Waals surface area contributed by atoms with Crippen LogP contribution in [0.1, 0.15) is 45.4 Å². The first-order valence-corrected chi connectivity index (χ1v) is 10.8. The van der Waals surface area contributed by atoms with E-state index in [2.05, 4.69) is 25.9 Å². The highest BCUT2D eigenvalue weighted by molar-refractivity contribution is 5.80.